The maximum Gasteiger partial charge on any atom is 0.265 e. The van der Waals surface area contributed by atoms with E-state index in [4.69, 9.17) is 0 Å². The number of aryl methyl sites for hydroxylation is 4. The molecule has 0 bridgehead atoms. The lowest BCUT2D eigenvalue weighted by Gasteiger charge is -2.10. The highest BCUT2D eigenvalue weighted by atomic mass is 32.2. The van der Waals surface area contributed by atoms with Crippen LogP contribution in [0.1, 0.15) is 28.1 Å². The van der Waals surface area contributed by atoms with Crippen LogP contribution in [0.4, 0.5) is 5.69 Å². The van der Waals surface area contributed by atoms with E-state index in [0.29, 0.717) is 17.1 Å². The molecule has 0 amide bonds. The standard InChI is InChI=1S/C20H23N3O2S/c1-13-6-10-19(11-7-13)23-17(5)20(16(4)21-23)26(24,25)22-18-9-8-14(2)15(3)12-18/h6-12,22H,1-5H3. The fraction of sp³-hybridized carbons (Fsp3) is 0.250. The molecule has 0 saturated carbocycles. The lowest BCUT2D eigenvalue weighted by atomic mass is 10.1. The van der Waals surface area contributed by atoms with E-state index in [1.807, 2.05) is 57.2 Å². The third kappa shape index (κ3) is 3.37. The van der Waals surface area contributed by atoms with Crippen molar-refractivity contribution in [1.82, 2.24) is 9.78 Å². The van der Waals surface area contributed by atoms with Crippen LogP contribution in [0.25, 0.3) is 5.69 Å². The van der Waals surface area contributed by atoms with Crippen LogP contribution < -0.4 is 4.72 Å². The van der Waals surface area contributed by atoms with Crippen molar-refractivity contribution < 1.29 is 8.42 Å². The summed E-state index contributed by atoms with van der Waals surface area (Å²) >= 11 is 0. The molecule has 3 rings (SSSR count). The summed E-state index contributed by atoms with van der Waals surface area (Å²) in [5.41, 5.74) is 5.74. The Hall–Kier alpha value is -2.60. The Bertz CT molecular complexity index is 1070. The van der Waals surface area contributed by atoms with Crippen molar-refractivity contribution in [3.63, 3.8) is 0 Å². The minimum absolute atomic E-state index is 0.219. The zero-order valence-electron chi connectivity index (χ0n) is 15.7. The van der Waals surface area contributed by atoms with Crippen LogP contribution >= 0.6 is 0 Å². The molecule has 0 saturated heterocycles. The normalized spacial score (nSPS) is 11.6. The molecule has 0 fully saturated rings. The SMILES string of the molecule is Cc1ccc(-n2nc(C)c(S(=O)(=O)Nc3ccc(C)c(C)c3)c2C)cc1. The summed E-state index contributed by atoms with van der Waals surface area (Å²) in [7, 11) is -3.73. The molecule has 136 valence electrons. The molecule has 0 atom stereocenters. The van der Waals surface area contributed by atoms with Crippen LogP contribution in [0.2, 0.25) is 0 Å². The molecule has 1 aromatic heterocycles. The third-order valence-corrected chi connectivity index (χ3v) is 6.16. The predicted molar refractivity (Wildman–Crippen MR) is 104 cm³/mol. The van der Waals surface area contributed by atoms with Crippen molar-refractivity contribution in [2.75, 3.05) is 4.72 Å². The van der Waals surface area contributed by atoms with Crippen LogP contribution in [0.3, 0.4) is 0 Å². The lowest BCUT2D eigenvalue weighted by Crippen LogP contribution is -2.15. The highest BCUT2D eigenvalue weighted by molar-refractivity contribution is 7.92. The molecule has 3 aromatic rings. The number of aromatic nitrogens is 2. The fourth-order valence-corrected chi connectivity index (χ4v) is 4.41. The van der Waals surface area contributed by atoms with Crippen molar-refractivity contribution in [2.45, 2.75) is 39.5 Å². The molecule has 0 spiro atoms. The van der Waals surface area contributed by atoms with E-state index in [2.05, 4.69) is 9.82 Å². The summed E-state index contributed by atoms with van der Waals surface area (Å²) < 4.78 is 30.3. The molecular formula is C20H23N3O2S. The van der Waals surface area contributed by atoms with Crippen molar-refractivity contribution >= 4 is 15.7 Å². The minimum atomic E-state index is -3.73. The molecule has 0 aliphatic carbocycles. The number of hydrogen-bond donors (Lipinski definition) is 1. The van der Waals surface area contributed by atoms with E-state index < -0.39 is 10.0 Å². The molecular weight excluding hydrogens is 346 g/mol. The highest BCUT2D eigenvalue weighted by Gasteiger charge is 2.25. The predicted octanol–water partition coefficient (Wildman–Crippen LogP) is 4.22. The Kier molecular flexibility index (Phi) is 4.63. The van der Waals surface area contributed by atoms with Crippen LogP contribution in [0, 0.1) is 34.6 Å². The number of nitrogens with one attached hydrogen (secondary N) is 1. The second-order valence-electron chi connectivity index (χ2n) is 6.65. The van der Waals surface area contributed by atoms with Crippen LogP contribution in [0.5, 0.6) is 0 Å². The van der Waals surface area contributed by atoms with Gasteiger partial charge in [-0.15, -0.1) is 0 Å². The second-order valence-corrected chi connectivity index (χ2v) is 8.27. The van der Waals surface area contributed by atoms with Gasteiger partial charge in [0, 0.05) is 5.69 Å². The fourth-order valence-electron chi connectivity index (χ4n) is 2.97. The number of anilines is 1. The molecule has 0 aliphatic heterocycles. The smallest absolute Gasteiger partial charge is 0.265 e. The summed E-state index contributed by atoms with van der Waals surface area (Å²) in [4.78, 5) is 0.219. The summed E-state index contributed by atoms with van der Waals surface area (Å²) in [6, 6.07) is 13.3. The first kappa shape index (κ1) is 18.2. The van der Waals surface area contributed by atoms with Gasteiger partial charge in [0.15, 0.2) is 0 Å². The van der Waals surface area contributed by atoms with Gasteiger partial charge in [0.1, 0.15) is 4.90 Å². The van der Waals surface area contributed by atoms with Gasteiger partial charge >= 0.3 is 0 Å². The summed E-state index contributed by atoms with van der Waals surface area (Å²) in [6.07, 6.45) is 0. The van der Waals surface area contributed by atoms with E-state index in [0.717, 1.165) is 22.4 Å². The number of rotatable bonds is 4. The molecule has 6 heteroatoms. The number of nitrogens with zero attached hydrogens (tertiary/aromatic N) is 2. The van der Waals surface area contributed by atoms with Gasteiger partial charge in [-0.3, -0.25) is 4.72 Å². The molecule has 1 N–H and O–H groups in total. The molecule has 26 heavy (non-hydrogen) atoms. The Morgan fingerprint density at radius 2 is 1.54 bits per heavy atom. The Morgan fingerprint density at radius 3 is 2.15 bits per heavy atom. The number of sulfonamides is 1. The molecule has 0 unspecified atom stereocenters. The van der Waals surface area contributed by atoms with Gasteiger partial charge in [-0.1, -0.05) is 23.8 Å². The minimum Gasteiger partial charge on any atom is -0.280 e. The molecule has 0 radical (unpaired) electrons. The zero-order valence-corrected chi connectivity index (χ0v) is 16.5. The second kappa shape index (κ2) is 6.61. The van der Waals surface area contributed by atoms with Crippen LogP contribution in [-0.4, -0.2) is 18.2 Å². The monoisotopic (exact) mass is 369 g/mol. The lowest BCUT2D eigenvalue weighted by molar-refractivity contribution is 0.600. The van der Waals surface area contributed by atoms with Crippen molar-refractivity contribution in [3.05, 3.63) is 70.5 Å². The topological polar surface area (TPSA) is 64.0 Å². The summed E-state index contributed by atoms with van der Waals surface area (Å²) in [5.74, 6) is 0. The van der Waals surface area contributed by atoms with E-state index in [1.54, 1.807) is 24.6 Å². The first-order chi connectivity index (χ1) is 12.2. The molecule has 2 aromatic carbocycles. The largest absolute Gasteiger partial charge is 0.280 e. The maximum atomic E-state index is 13.0. The van der Waals surface area contributed by atoms with Gasteiger partial charge in [-0.05, 0) is 70.0 Å². The average molecular weight is 369 g/mol. The van der Waals surface area contributed by atoms with Crippen LogP contribution in [0.15, 0.2) is 47.4 Å². The maximum absolute atomic E-state index is 13.0. The van der Waals surface area contributed by atoms with Gasteiger partial charge in [-0.2, -0.15) is 5.10 Å². The van der Waals surface area contributed by atoms with E-state index in [-0.39, 0.29) is 4.90 Å². The molecule has 0 aliphatic rings. The van der Waals surface area contributed by atoms with Gasteiger partial charge in [0.25, 0.3) is 10.0 Å². The number of benzene rings is 2. The quantitative estimate of drug-likeness (QED) is 0.749. The van der Waals surface area contributed by atoms with E-state index in [9.17, 15) is 8.42 Å². The Labute approximate surface area is 154 Å². The summed E-state index contributed by atoms with van der Waals surface area (Å²) in [5, 5.41) is 4.45. The first-order valence-electron chi connectivity index (χ1n) is 8.42. The Morgan fingerprint density at radius 1 is 0.885 bits per heavy atom. The van der Waals surface area contributed by atoms with Gasteiger partial charge < -0.3 is 0 Å². The zero-order chi connectivity index (χ0) is 19.1. The van der Waals surface area contributed by atoms with E-state index in [1.165, 1.54) is 0 Å². The Balaban J connectivity index is 2.02. The molecule has 1 heterocycles. The first-order valence-corrected chi connectivity index (χ1v) is 9.90. The van der Waals surface area contributed by atoms with E-state index >= 15 is 0 Å². The van der Waals surface area contributed by atoms with Gasteiger partial charge in [0.05, 0.1) is 17.1 Å². The highest BCUT2D eigenvalue weighted by Crippen LogP contribution is 2.25. The van der Waals surface area contributed by atoms with Crippen molar-refractivity contribution in [2.24, 2.45) is 0 Å². The average Bonchev–Trinajstić information content (AvgIpc) is 2.87. The van der Waals surface area contributed by atoms with Gasteiger partial charge in [0.2, 0.25) is 0 Å². The van der Waals surface area contributed by atoms with Crippen LogP contribution in [-0.2, 0) is 10.0 Å². The molecule has 5 nitrogen and oxygen atoms in total. The number of hydrogen-bond acceptors (Lipinski definition) is 3. The van der Waals surface area contributed by atoms with Crippen molar-refractivity contribution in [1.29, 1.82) is 0 Å². The van der Waals surface area contributed by atoms with Gasteiger partial charge in [-0.25, -0.2) is 13.1 Å². The summed E-state index contributed by atoms with van der Waals surface area (Å²) in [6.45, 7) is 9.45. The van der Waals surface area contributed by atoms with Crippen molar-refractivity contribution in [3.8, 4) is 5.69 Å². The third-order valence-electron chi connectivity index (χ3n) is 4.53.